The zero-order valence-corrected chi connectivity index (χ0v) is 11.8. The summed E-state index contributed by atoms with van der Waals surface area (Å²) >= 11 is 5.95. The summed E-state index contributed by atoms with van der Waals surface area (Å²) < 4.78 is 13.0. The van der Waals surface area contributed by atoms with Crippen LogP contribution < -0.4 is 0 Å². The molecule has 0 saturated carbocycles. The van der Waals surface area contributed by atoms with E-state index in [1.165, 1.54) is 18.2 Å². The molecule has 0 unspecified atom stereocenters. The van der Waals surface area contributed by atoms with Gasteiger partial charge >= 0.3 is 0 Å². The van der Waals surface area contributed by atoms with E-state index in [4.69, 9.17) is 11.6 Å². The van der Waals surface area contributed by atoms with Crippen LogP contribution in [0, 0.1) is 5.82 Å². The minimum Gasteiger partial charge on any atom is -0.294 e. The zero-order chi connectivity index (χ0) is 14.8. The maximum Gasteiger partial charge on any atom is 0.168 e. The Balaban J connectivity index is 1.89. The predicted molar refractivity (Wildman–Crippen MR) is 81.2 cm³/mol. The first-order valence-corrected chi connectivity index (χ1v) is 6.83. The van der Waals surface area contributed by atoms with E-state index in [2.05, 4.69) is 4.98 Å². The number of Topliss-reactive ketones (excluding diaryl/α,β-unsaturated/α-hetero) is 1. The third kappa shape index (κ3) is 2.93. The largest absolute Gasteiger partial charge is 0.294 e. The molecule has 2 nitrogen and oxygen atoms in total. The summed E-state index contributed by atoms with van der Waals surface area (Å²) in [6, 6.07) is 13.4. The zero-order valence-electron chi connectivity index (χ0n) is 11.0. The standard InChI is InChI=1S/C17H11ClFNO/c18-15-9-14(19)6-5-11(15)8-17(21)13-7-12-3-1-2-4-16(12)20-10-13/h1-7,9-10H,8H2. The third-order valence-electron chi connectivity index (χ3n) is 3.28. The van der Waals surface area contributed by atoms with Crippen molar-refractivity contribution in [1.82, 2.24) is 4.98 Å². The molecule has 0 bridgehead atoms. The van der Waals surface area contributed by atoms with Crippen LogP contribution in [0.4, 0.5) is 4.39 Å². The first-order chi connectivity index (χ1) is 10.1. The molecule has 4 heteroatoms. The number of hydrogen-bond acceptors (Lipinski definition) is 2. The van der Waals surface area contributed by atoms with E-state index < -0.39 is 5.82 Å². The fourth-order valence-electron chi connectivity index (χ4n) is 2.16. The molecule has 21 heavy (non-hydrogen) atoms. The number of pyridine rings is 1. The van der Waals surface area contributed by atoms with Crippen molar-refractivity contribution in [2.24, 2.45) is 0 Å². The molecular formula is C17H11ClFNO. The molecule has 0 N–H and O–H groups in total. The molecule has 0 radical (unpaired) electrons. The van der Waals surface area contributed by atoms with Crippen molar-refractivity contribution in [2.45, 2.75) is 6.42 Å². The molecule has 1 heterocycles. The van der Waals surface area contributed by atoms with E-state index in [1.807, 2.05) is 30.3 Å². The molecule has 0 aliphatic heterocycles. The Morgan fingerprint density at radius 3 is 2.76 bits per heavy atom. The Morgan fingerprint density at radius 1 is 1.14 bits per heavy atom. The fraction of sp³-hybridized carbons (Fsp3) is 0.0588. The second-order valence-electron chi connectivity index (χ2n) is 4.75. The van der Waals surface area contributed by atoms with Gasteiger partial charge in [-0.1, -0.05) is 35.9 Å². The molecule has 0 aliphatic carbocycles. The van der Waals surface area contributed by atoms with E-state index in [0.29, 0.717) is 11.1 Å². The number of rotatable bonds is 3. The Labute approximate surface area is 126 Å². The molecule has 2 aromatic carbocycles. The number of halogens is 2. The van der Waals surface area contributed by atoms with Crippen LogP contribution >= 0.6 is 11.6 Å². The summed E-state index contributed by atoms with van der Waals surface area (Å²) in [5.41, 5.74) is 1.97. The fourth-order valence-corrected chi connectivity index (χ4v) is 2.40. The topological polar surface area (TPSA) is 30.0 Å². The van der Waals surface area contributed by atoms with E-state index in [0.717, 1.165) is 10.9 Å². The SMILES string of the molecule is O=C(Cc1ccc(F)cc1Cl)c1cnc2ccccc2c1. The number of benzene rings is 2. The van der Waals surface area contributed by atoms with Crippen LogP contribution in [0.1, 0.15) is 15.9 Å². The number of fused-ring (bicyclic) bond motifs is 1. The van der Waals surface area contributed by atoms with Crippen LogP contribution in [0.3, 0.4) is 0 Å². The lowest BCUT2D eigenvalue weighted by molar-refractivity contribution is 0.0993. The summed E-state index contributed by atoms with van der Waals surface area (Å²) in [5.74, 6) is -0.509. The number of carbonyl (C=O) groups excluding carboxylic acids is 1. The number of carbonyl (C=O) groups is 1. The van der Waals surface area contributed by atoms with Crippen molar-refractivity contribution in [1.29, 1.82) is 0 Å². The number of ketones is 1. The van der Waals surface area contributed by atoms with Gasteiger partial charge in [0, 0.05) is 28.6 Å². The van der Waals surface area contributed by atoms with Crippen molar-refractivity contribution < 1.29 is 9.18 Å². The Morgan fingerprint density at radius 2 is 1.95 bits per heavy atom. The third-order valence-corrected chi connectivity index (χ3v) is 3.63. The second-order valence-corrected chi connectivity index (χ2v) is 5.16. The number of para-hydroxylation sites is 1. The maximum absolute atomic E-state index is 13.0. The van der Waals surface area contributed by atoms with E-state index >= 15 is 0 Å². The molecular weight excluding hydrogens is 289 g/mol. The molecule has 3 aromatic rings. The van der Waals surface area contributed by atoms with Gasteiger partial charge in [0.2, 0.25) is 0 Å². The van der Waals surface area contributed by atoms with Gasteiger partial charge in [0.25, 0.3) is 0 Å². The molecule has 0 atom stereocenters. The number of hydrogen-bond donors (Lipinski definition) is 0. The Bertz CT molecular complexity index is 832. The van der Waals surface area contributed by atoms with Crippen LogP contribution in [0.5, 0.6) is 0 Å². The Kier molecular flexibility index (Phi) is 3.67. The lowest BCUT2D eigenvalue weighted by Crippen LogP contribution is -2.05. The molecule has 0 fully saturated rings. The van der Waals surface area contributed by atoms with Gasteiger partial charge < -0.3 is 0 Å². The Hall–Kier alpha value is -2.26. The molecule has 104 valence electrons. The average Bonchev–Trinajstić information content (AvgIpc) is 2.49. The minimum absolute atomic E-state index is 0.0956. The van der Waals surface area contributed by atoms with Crippen molar-refractivity contribution in [3.63, 3.8) is 0 Å². The highest BCUT2D eigenvalue weighted by molar-refractivity contribution is 6.31. The van der Waals surface area contributed by atoms with Gasteiger partial charge in [-0.3, -0.25) is 9.78 Å². The van der Waals surface area contributed by atoms with Gasteiger partial charge in [0.15, 0.2) is 5.78 Å². The normalized spacial score (nSPS) is 10.8. The van der Waals surface area contributed by atoms with Gasteiger partial charge in [0.05, 0.1) is 5.52 Å². The molecule has 1 aromatic heterocycles. The molecule has 0 saturated heterocycles. The predicted octanol–water partition coefficient (Wildman–Crippen LogP) is 4.45. The van der Waals surface area contributed by atoms with Crippen molar-refractivity contribution in [3.8, 4) is 0 Å². The van der Waals surface area contributed by atoms with Gasteiger partial charge in [-0.2, -0.15) is 0 Å². The molecule has 0 amide bonds. The first-order valence-electron chi connectivity index (χ1n) is 6.45. The van der Waals surface area contributed by atoms with Crippen molar-refractivity contribution >= 4 is 28.3 Å². The smallest absolute Gasteiger partial charge is 0.168 e. The first kappa shape index (κ1) is 13.7. The monoisotopic (exact) mass is 299 g/mol. The van der Waals surface area contributed by atoms with Crippen LogP contribution in [0.2, 0.25) is 5.02 Å². The summed E-state index contributed by atoms with van der Waals surface area (Å²) in [6.07, 6.45) is 1.68. The van der Waals surface area contributed by atoms with E-state index in [1.54, 1.807) is 6.20 Å². The summed E-state index contributed by atoms with van der Waals surface area (Å²) in [5, 5.41) is 1.17. The van der Waals surface area contributed by atoms with Crippen LogP contribution in [0.25, 0.3) is 10.9 Å². The van der Waals surface area contributed by atoms with Crippen LogP contribution in [-0.4, -0.2) is 10.8 Å². The minimum atomic E-state index is -0.413. The van der Waals surface area contributed by atoms with Crippen molar-refractivity contribution in [2.75, 3.05) is 0 Å². The highest BCUT2D eigenvalue weighted by Gasteiger charge is 2.11. The van der Waals surface area contributed by atoms with Gasteiger partial charge in [-0.05, 0) is 29.8 Å². The molecule has 0 spiro atoms. The van der Waals surface area contributed by atoms with Gasteiger partial charge in [-0.25, -0.2) is 4.39 Å². The highest BCUT2D eigenvalue weighted by Crippen LogP contribution is 2.20. The van der Waals surface area contributed by atoms with E-state index in [9.17, 15) is 9.18 Å². The molecule has 0 aliphatic rings. The lowest BCUT2D eigenvalue weighted by Gasteiger charge is -2.05. The maximum atomic E-state index is 13.0. The summed E-state index contributed by atoms with van der Waals surface area (Å²) in [6.45, 7) is 0. The van der Waals surface area contributed by atoms with Crippen LogP contribution in [0.15, 0.2) is 54.7 Å². The molecule has 3 rings (SSSR count). The summed E-state index contributed by atoms with van der Waals surface area (Å²) in [4.78, 5) is 16.6. The number of nitrogens with zero attached hydrogens (tertiary/aromatic N) is 1. The highest BCUT2D eigenvalue weighted by atomic mass is 35.5. The van der Waals surface area contributed by atoms with Crippen molar-refractivity contribution in [3.05, 3.63) is 76.7 Å². The second kappa shape index (κ2) is 5.62. The number of aromatic nitrogens is 1. The lowest BCUT2D eigenvalue weighted by atomic mass is 10.0. The average molecular weight is 300 g/mol. The van der Waals surface area contributed by atoms with Gasteiger partial charge in [-0.15, -0.1) is 0 Å². The van der Waals surface area contributed by atoms with E-state index in [-0.39, 0.29) is 17.2 Å². The quantitative estimate of drug-likeness (QED) is 0.669. The van der Waals surface area contributed by atoms with Crippen LogP contribution in [-0.2, 0) is 6.42 Å². The summed E-state index contributed by atoms with van der Waals surface area (Å²) in [7, 11) is 0. The van der Waals surface area contributed by atoms with Gasteiger partial charge in [0.1, 0.15) is 5.82 Å².